The largest absolute Gasteiger partial charge is 0.510 e. The van der Waals surface area contributed by atoms with E-state index < -0.39 is 0 Å². The molecule has 0 saturated heterocycles. The molecule has 296 valence electrons. The van der Waals surface area contributed by atoms with Crippen LogP contribution >= 0.6 is 0 Å². The molecule has 10 aromatic rings. The predicted octanol–water partition coefficient (Wildman–Crippen LogP) is 13.1. The fourth-order valence-corrected chi connectivity index (χ4v) is 8.13. The van der Waals surface area contributed by atoms with Crippen molar-refractivity contribution in [1.82, 2.24) is 14.1 Å². The molecule has 3 aromatic heterocycles. The minimum atomic E-state index is 0. The van der Waals surface area contributed by atoms with Gasteiger partial charge in [0.2, 0.25) is 0 Å². The fraction of sp³-hybridized carbons (Fsp3) is 0.111. The molecular formula is C54H42N4OPt-2. The molecule has 0 saturated carbocycles. The number of pyridine rings is 1. The molecule has 1 unspecified atom stereocenters. The van der Waals surface area contributed by atoms with Crippen LogP contribution in [-0.2, 0) is 21.1 Å². The average Bonchev–Trinajstić information content (AvgIpc) is 3.82. The SMILES string of the molecule is CC(c1ccnc(-n2c3[c-]c(Oc4[c-]c(-n5[c-][n+](-c6c(-c7ccccc7)cccc6-c6ccccc6)c6ccccc65)ccc4)ccc3c3ccccc32)c1)C(C)(C)C.[Pt]. The zero-order valence-corrected chi connectivity index (χ0v) is 36.1. The van der Waals surface area contributed by atoms with Gasteiger partial charge in [0.15, 0.2) is 0 Å². The van der Waals surface area contributed by atoms with Gasteiger partial charge in [0.1, 0.15) is 5.82 Å². The summed E-state index contributed by atoms with van der Waals surface area (Å²) in [6.07, 6.45) is 5.67. The van der Waals surface area contributed by atoms with E-state index in [2.05, 4.69) is 205 Å². The second kappa shape index (κ2) is 15.9. The molecule has 6 heteroatoms. The maximum absolute atomic E-state index is 6.62. The summed E-state index contributed by atoms with van der Waals surface area (Å²) in [7, 11) is 0. The first-order valence-electron chi connectivity index (χ1n) is 20.1. The third-order valence-electron chi connectivity index (χ3n) is 11.6. The molecule has 10 rings (SSSR count). The van der Waals surface area contributed by atoms with Gasteiger partial charge in [-0.2, -0.15) is 18.2 Å². The van der Waals surface area contributed by atoms with E-state index in [0.717, 1.165) is 72.3 Å². The van der Waals surface area contributed by atoms with Crippen LogP contribution in [0.1, 0.15) is 39.2 Å². The maximum atomic E-state index is 6.62. The summed E-state index contributed by atoms with van der Waals surface area (Å²) in [5.41, 5.74) is 11.7. The Kier molecular flexibility index (Phi) is 10.3. The number of imidazole rings is 1. The van der Waals surface area contributed by atoms with Crippen molar-refractivity contribution < 1.29 is 30.4 Å². The zero-order chi connectivity index (χ0) is 40.1. The summed E-state index contributed by atoms with van der Waals surface area (Å²) >= 11 is 0. The summed E-state index contributed by atoms with van der Waals surface area (Å²) in [5.74, 6) is 2.37. The van der Waals surface area contributed by atoms with Crippen molar-refractivity contribution in [3.8, 4) is 50.9 Å². The van der Waals surface area contributed by atoms with Crippen LogP contribution in [0.3, 0.4) is 0 Å². The number of fused-ring (bicyclic) bond motifs is 4. The molecular weight excluding hydrogens is 916 g/mol. The van der Waals surface area contributed by atoms with Gasteiger partial charge in [-0.15, -0.1) is 29.7 Å². The second-order valence-corrected chi connectivity index (χ2v) is 16.2. The first-order chi connectivity index (χ1) is 28.8. The Morgan fingerprint density at radius 2 is 1.25 bits per heavy atom. The molecule has 0 aliphatic carbocycles. The van der Waals surface area contributed by atoms with E-state index in [9.17, 15) is 0 Å². The average molecular weight is 958 g/mol. The van der Waals surface area contributed by atoms with Gasteiger partial charge in [0.25, 0.3) is 6.33 Å². The number of rotatable bonds is 8. The molecule has 1 atom stereocenters. The fourth-order valence-electron chi connectivity index (χ4n) is 8.13. The first kappa shape index (κ1) is 38.9. The molecule has 0 aliphatic heterocycles. The second-order valence-electron chi connectivity index (χ2n) is 16.2. The van der Waals surface area contributed by atoms with Gasteiger partial charge in [-0.25, -0.2) is 4.98 Å². The van der Waals surface area contributed by atoms with E-state index in [1.165, 1.54) is 5.56 Å². The zero-order valence-electron chi connectivity index (χ0n) is 33.8. The molecule has 0 N–H and O–H groups in total. The molecule has 0 aliphatic rings. The van der Waals surface area contributed by atoms with Gasteiger partial charge in [0, 0.05) is 44.3 Å². The number of para-hydroxylation sites is 4. The van der Waals surface area contributed by atoms with Crippen molar-refractivity contribution >= 4 is 32.8 Å². The summed E-state index contributed by atoms with van der Waals surface area (Å²) in [6.45, 7) is 9.13. The third-order valence-corrected chi connectivity index (χ3v) is 11.6. The van der Waals surface area contributed by atoms with Crippen LogP contribution in [0.4, 0.5) is 0 Å². The Labute approximate surface area is 365 Å². The van der Waals surface area contributed by atoms with Crippen LogP contribution in [0.5, 0.6) is 11.5 Å². The number of aromatic nitrogens is 4. The minimum Gasteiger partial charge on any atom is -0.510 e. The number of hydrogen-bond donors (Lipinski definition) is 0. The van der Waals surface area contributed by atoms with Crippen molar-refractivity contribution in [1.29, 1.82) is 0 Å². The summed E-state index contributed by atoms with van der Waals surface area (Å²) in [6, 6.07) is 66.2. The molecule has 0 radical (unpaired) electrons. The number of hydrogen-bond acceptors (Lipinski definition) is 2. The Balaban J connectivity index is 0.00000462. The van der Waals surface area contributed by atoms with Gasteiger partial charge in [-0.05, 0) is 68.4 Å². The van der Waals surface area contributed by atoms with E-state index in [1.54, 1.807) is 0 Å². The summed E-state index contributed by atoms with van der Waals surface area (Å²) in [5, 5.41) is 2.23. The molecule has 0 fully saturated rings. The number of ether oxygens (including phenoxy) is 1. The normalized spacial score (nSPS) is 12.1. The van der Waals surface area contributed by atoms with E-state index >= 15 is 0 Å². The van der Waals surface area contributed by atoms with Crippen molar-refractivity contribution in [2.45, 2.75) is 33.6 Å². The van der Waals surface area contributed by atoms with Crippen LogP contribution in [0.15, 0.2) is 176 Å². The van der Waals surface area contributed by atoms with Crippen LogP contribution in [0.2, 0.25) is 0 Å². The summed E-state index contributed by atoms with van der Waals surface area (Å²) in [4.78, 5) is 4.89. The van der Waals surface area contributed by atoms with Crippen LogP contribution < -0.4 is 9.30 Å². The third kappa shape index (κ3) is 7.03. The monoisotopic (exact) mass is 957 g/mol. The number of benzene rings is 7. The molecule has 7 aromatic carbocycles. The van der Waals surface area contributed by atoms with E-state index in [4.69, 9.17) is 9.72 Å². The van der Waals surface area contributed by atoms with E-state index in [1.807, 2.05) is 30.5 Å². The van der Waals surface area contributed by atoms with Crippen LogP contribution in [-0.4, -0.2) is 14.1 Å². The standard InChI is InChI=1S/C54H42N4O.Pt/c1-37(54(2,3)4)40-31-32-55-52(33-40)58-48-26-12-11-23-46(48)47-30-29-43(35-51(47)58)59-42-22-15-21-41(34-42)56-36-57(50-28-14-13-27-49(50)56)53-44(38-17-7-5-8-18-38)24-16-25-45(53)39-19-9-6-10-20-39;/h5-33,37H,1-4H3;/q-2;. The van der Waals surface area contributed by atoms with Crippen molar-refractivity contribution in [3.05, 3.63) is 200 Å². The number of nitrogens with zero attached hydrogens (tertiary/aromatic N) is 4. The van der Waals surface area contributed by atoms with Crippen molar-refractivity contribution in [2.24, 2.45) is 5.41 Å². The first-order valence-corrected chi connectivity index (χ1v) is 20.1. The smallest absolute Gasteiger partial charge is 0.268 e. The minimum absolute atomic E-state index is 0. The predicted molar refractivity (Wildman–Crippen MR) is 239 cm³/mol. The Hall–Kier alpha value is -6.55. The van der Waals surface area contributed by atoms with Gasteiger partial charge in [0.05, 0.1) is 16.7 Å². The molecule has 0 bridgehead atoms. The molecule has 0 spiro atoms. The van der Waals surface area contributed by atoms with Crippen LogP contribution in [0.25, 0.3) is 72.3 Å². The van der Waals surface area contributed by atoms with Crippen molar-refractivity contribution in [3.63, 3.8) is 0 Å². The Bertz CT molecular complexity index is 3080. The molecule has 5 nitrogen and oxygen atoms in total. The van der Waals surface area contributed by atoms with Gasteiger partial charge in [-0.1, -0.05) is 155 Å². The molecule has 0 amide bonds. The van der Waals surface area contributed by atoms with E-state index in [0.29, 0.717) is 17.4 Å². The van der Waals surface area contributed by atoms with Gasteiger partial charge >= 0.3 is 0 Å². The molecule has 60 heavy (non-hydrogen) atoms. The Morgan fingerprint density at radius 3 is 1.97 bits per heavy atom. The summed E-state index contributed by atoms with van der Waals surface area (Å²) < 4.78 is 13.1. The van der Waals surface area contributed by atoms with Gasteiger partial charge < -0.3 is 13.9 Å². The van der Waals surface area contributed by atoms with E-state index in [-0.39, 0.29) is 26.5 Å². The molecule has 3 heterocycles. The van der Waals surface area contributed by atoms with Gasteiger partial charge in [-0.3, -0.25) is 4.57 Å². The maximum Gasteiger partial charge on any atom is 0.268 e. The van der Waals surface area contributed by atoms with Crippen LogP contribution in [0, 0.1) is 23.9 Å². The topological polar surface area (TPSA) is 35.9 Å². The quantitative estimate of drug-likeness (QED) is 0.112. The Morgan fingerprint density at radius 1 is 0.617 bits per heavy atom. The van der Waals surface area contributed by atoms with Crippen molar-refractivity contribution in [2.75, 3.05) is 0 Å².